The number of benzene rings is 1. The van der Waals surface area contributed by atoms with Crippen LogP contribution in [0.4, 0.5) is 23.7 Å². The molecule has 11 heteroatoms. The van der Waals surface area contributed by atoms with Crippen molar-refractivity contribution in [1.29, 1.82) is 0 Å². The first-order valence-corrected chi connectivity index (χ1v) is 11.5. The van der Waals surface area contributed by atoms with Crippen LogP contribution in [-0.4, -0.2) is 65.2 Å². The van der Waals surface area contributed by atoms with Crippen molar-refractivity contribution in [3.05, 3.63) is 41.8 Å². The molecule has 2 atom stereocenters. The van der Waals surface area contributed by atoms with Crippen LogP contribution in [0.1, 0.15) is 39.2 Å². The zero-order chi connectivity index (χ0) is 26.7. The van der Waals surface area contributed by atoms with Crippen LogP contribution in [0.5, 0.6) is 5.75 Å². The Labute approximate surface area is 208 Å². The number of aromatic nitrogens is 1. The molecule has 2 heterocycles. The molecule has 1 fully saturated rings. The molecule has 198 valence electrons. The molecule has 1 amide bonds. The van der Waals surface area contributed by atoms with Gasteiger partial charge in [-0.2, -0.15) is 0 Å². The van der Waals surface area contributed by atoms with Crippen molar-refractivity contribution in [2.75, 3.05) is 25.1 Å². The topological polar surface area (TPSA) is 104 Å². The van der Waals surface area contributed by atoms with E-state index in [1.165, 1.54) is 31.5 Å². The lowest BCUT2D eigenvalue weighted by molar-refractivity contribution is -0.0664. The van der Waals surface area contributed by atoms with Gasteiger partial charge in [-0.25, -0.2) is 18.0 Å². The SMILES string of the molecule is COc1cc(F)ccc1-c1cc(CO)c(N2CCCC(NC(=O)OC(C)(C)C)(C(O)C(F)F)C2)cn1. The molecule has 1 aliphatic rings. The number of alkyl halides is 2. The zero-order valence-corrected chi connectivity index (χ0v) is 20.7. The van der Waals surface area contributed by atoms with Crippen LogP contribution in [-0.2, 0) is 11.3 Å². The van der Waals surface area contributed by atoms with Gasteiger partial charge in [-0.15, -0.1) is 0 Å². The number of piperidine rings is 1. The van der Waals surface area contributed by atoms with E-state index in [9.17, 15) is 28.2 Å². The second-order valence-electron chi connectivity index (χ2n) is 9.79. The molecular weight excluding hydrogens is 479 g/mol. The molecule has 1 saturated heterocycles. The van der Waals surface area contributed by atoms with Gasteiger partial charge < -0.3 is 29.9 Å². The van der Waals surface area contributed by atoms with Gasteiger partial charge in [0.15, 0.2) is 0 Å². The van der Waals surface area contributed by atoms with E-state index >= 15 is 0 Å². The number of anilines is 1. The fourth-order valence-corrected chi connectivity index (χ4v) is 4.38. The minimum Gasteiger partial charge on any atom is -0.496 e. The minimum atomic E-state index is -3.11. The van der Waals surface area contributed by atoms with Crippen molar-refractivity contribution in [2.24, 2.45) is 0 Å². The van der Waals surface area contributed by atoms with Crippen LogP contribution in [0, 0.1) is 5.82 Å². The highest BCUT2D eigenvalue weighted by Crippen LogP contribution is 2.35. The molecule has 2 unspecified atom stereocenters. The molecule has 36 heavy (non-hydrogen) atoms. The van der Waals surface area contributed by atoms with E-state index in [0.717, 1.165) is 0 Å². The number of aliphatic hydroxyl groups is 2. The smallest absolute Gasteiger partial charge is 0.408 e. The maximum atomic E-state index is 13.7. The van der Waals surface area contributed by atoms with Gasteiger partial charge in [0.2, 0.25) is 0 Å². The lowest BCUT2D eigenvalue weighted by atomic mass is 9.83. The molecule has 3 rings (SSSR count). The first-order valence-electron chi connectivity index (χ1n) is 11.5. The molecule has 1 aliphatic heterocycles. The summed E-state index contributed by atoms with van der Waals surface area (Å²) < 4.78 is 51.5. The molecule has 3 N–H and O–H groups in total. The number of nitrogens with one attached hydrogen (secondary N) is 1. The Kier molecular flexibility index (Phi) is 8.35. The summed E-state index contributed by atoms with van der Waals surface area (Å²) in [5.41, 5.74) is -0.735. The van der Waals surface area contributed by atoms with Gasteiger partial charge in [-0.3, -0.25) is 4.98 Å². The van der Waals surface area contributed by atoms with E-state index in [1.54, 1.807) is 31.7 Å². The highest BCUT2D eigenvalue weighted by atomic mass is 19.3. The number of hydrogen-bond acceptors (Lipinski definition) is 7. The number of nitrogens with zero attached hydrogens (tertiary/aromatic N) is 2. The number of aliphatic hydroxyl groups excluding tert-OH is 2. The largest absolute Gasteiger partial charge is 0.496 e. The summed E-state index contributed by atoms with van der Waals surface area (Å²) in [6.45, 7) is 4.80. The standard InChI is InChI=1S/C25H32F3N3O5/c1-24(2,3)36-23(34)30-25(21(33)22(27)28)8-5-9-31(14-25)19-12-29-18(10-15(19)13-32)17-7-6-16(26)11-20(17)35-4/h6-7,10-12,21-22,32-33H,5,8-9,13-14H2,1-4H3,(H,30,34). The third kappa shape index (κ3) is 6.19. The predicted octanol–water partition coefficient (Wildman–Crippen LogP) is 3.88. The molecule has 0 aliphatic carbocycles. The average molecular weight is 512 g/mol. The number of rotatable bonds is 7. The lowest BCUT2D eigenvalue weighted by Gasteiger charge is -2.46. The van der Waals surface area contributed by atoms with Crippen molar-refractivity contribution < 1.29 is 37.7 Å². The normalized spacial score (nSPS) is 19.2. The van der Waals surface area contributed by atoms with Crippen molar-refractivity contribution >= 4 is 11.8 Å². The van der Waals surface area contributed by atoms with E-state index in [-0.39, 0.29) is 18.7 Å². The van der Waals surface area contributed by atoms with Crippen LogP contribution in [0.3, 0.4) is 0 Å². The Morgan fingerprint density at radius 2 is 2.03 bits per heavy atom. The molecule has 0 saturated carbocycles. The zero-order valence-electron chi connectivity index (χ0n) is 20.7. The Bertz CT molecular complexity index is 1080. The van der Waals surface area contributed by atoms with E-state index in [2.05, 4.69) is 10.3 Å². The van der Waals surface area contributed by atoms with Gasteiger partial charge in [0.1, 0.15) is 23.3 Å². The number of carbonyl (C=O) groups is 1. The van der Waals surface area contributed by atoms with Crippen molar-refractivity contribution in [1.82, 2.24) is 10.3 Å². The van der Waals surface area contributed by atoms with Crippen LogP contribution >= 0.6 is 0 Å². The Morgan fingerprint density at radius 1 is 1.31 bits per heavy atom. The molecular formula is C25H32F3N3O5. The lowest BCUT2D eigenvalue weighted by Crippen LogP contribution is -2.67. The molecule has 0 radical (unpaired) electrons. The van der Waals surface area contributed by atoms with Gasteiger partial charge in [-0.05, 0) is 51.8 Å². The summed E-state index contributed by atoms with van der Waals surface area (Å²) in [5.74, 6) is -0.216. The van der Waals surface area contributed by atoms with Gasteiger partial charge >= 0.3 is 6.09 Å². The summed E-state index contributed by atoms with van der Waals surface area (Å²) in [6, 6.07) is 5.59. The molecule has 0 spiro atoms. The van der Waals surface area contributed by atoms with Crippen molar-refractivity contribution in [3.63, 3.8) is 0 Å². The Hall–Kier alpha value is -3.05. The molecule has 0 bridgehead atoms. The predicted molar refractivity (Wildman–Crippen MR) is 128 cm³/mol. The summed E-state index contributed by atoms with van der Waals surface area (Å²) in [6.07, 6.45) is -4.23. The van der Waals surface area contributed by atoms with Gasteiger partial charge in [0.25, 0.3) is 6.43 Å². The van der Waals surface area contributed by atoms with Gasteiger partial charge in [-0.1, -0.05) is 0 Å². The number of halogens is 3. The van der Waals surface area contributed by atoms with Gasteiger partial charge in [0, 0.05) is 30.3 Å². The number of ether oxygens (including phenoxy) is 2. The molecule has 1 aromatic carbocycles. The number of pyridine rings is 1. The molecule has 8 nitrogen and oxygen atoms in total. The third-order valence-electron chi connectivity index (χ3n) is 6.00. The fourth-order valence-electron chi connectivity index (χ4n) is 4.38. The second kappa shape index (κ2) is 10.9. The van der Waals surface area contributed by atoms with Crippen molar-refractivity contribution in [3.8, 4) is 17.0 Å². The summed E-state index contributed by atoms with van der Waals surface area (Å²) in [4.78, 5) is 18.6. The maximum absolute atomic E-state index is 13.7. The first kappa shape index (κ1) is 27.5. The Morgan fingerprint density at radius 3 is 2.64 bits per heavy atom. The highest BCUT2D eigenvalue weighted by Gasteiger charge is 2.48. The van der Waals surface area contributed by atoms with E-state index in [1.807, 2.05) is 0 Å². The first-order chi connectivity index (χ1) is 16.9. The Balaban J connectivity index is 1.95. The number of methoxy groups -OCH3 is 1. The number of hydrogen-bond donors (Lipinski definition) is 3. The van der Waals surface area contributed by atoms with Crippen LogP contribution < -0.4 is 15.0 Å². The van der Waals surface area contributed by atoms with E-state index in [0.29, 0.717) is 35.5 Å². The van der Waals surface area contributed by atoms with Crippen LogP contribution in [0.15, 0.2) is 30.5 Å². The maximum Gasteiger partial charge on any atom is 0.408 e. The number of alkyl carbamates (subject to hydrolysis) is 1. The van der Waals surface area contributed by atoms with E-state index in [4.69, 9.17) is 9.47 Å². The number of amides is 1. The number of carbonyl (C=O) groups excluding carboxylic acids is 1. The summed E-state index contributed by atoms with van der Waals surface area (Å²) in [7, 11) is 1.40. The van der Waals surface area contributed by atoms with Crippen LogP contribution in [0.25, 0.3) is 11.3 Å². The minimum absolute atomic E-state index is 0.0982. The van der Waals surface area contributed by atoms with Crippen LogP contribution in [0.2, 0.25) is 0 Å². The average Bonchev–Trinajstić information content (AvgIpc) is 2.81. The summed E-state index contributed by atoms with van der Waals surface area (Å²) >= 11 is 0. The molecule has 1 aromatic heterocycles. The fraction of sp³-hybridized carbons (Fsp3) is 0.520. The van der Waals surface area contributed by atoms with E-state index < -0.39 is 42.2 Å². The molecule has 2 aromatic rings. The monoisotopic (exact) mass is 511 g/mol. The highest BCUT2D eigenvalue weighted by molar-refractivity contribution is 5.71. The van der Waals surface area contributed by atoms with Crippen molar-refractivity contribution in [2.45, 2.75) is 63.9 Å². The second-order valence-corrected chi connectivity index (χ2v) is 9.79. The van der Waals surface area contributed by atoms with Gasteiger partial charge in [0.05, 0.1) is 36.8 Å². The summed E-state index contributed by atoms with van der Waals surface area (Å²) in [5, 5.41) is 23.0. The third-order valence-corrected chi connectivity index (χ3v) is 6.00. The quantitative estimate of drug-likeness (QED) is 0.518.